The summed E-state index contributed by atoms with van der Waals surface area (Å²) in [6, 6.07) is 8.45. The number of halogens is 1. The Labute approximate surface area is 130 Å². The van der Waals surface area contributed by atoms with Gasteiger partial charge in [-0.1, -0.05) is 22.0 Å². The lowest BCUT2D eigenvalue weighted by molar-refractivity contribution is 0.0699. The van der Waals surface area contributed by atoms with Crippen LogP contribution in [0.4, 0.5) is 0 Å². The molecule has 0 saturated carbocycles. The zero-order valence-electron chi connectivity index (χ0n) is 11.9. The van der Waals surface area contributed by atoms with Gasteiger partial charge in [0.2, 0.25) is 0 Å². The Morgan fingerprint density at radius 3 is 3.05 bits per heavy atom. The number of piperidine rings is 1. The van der Waals surface area contributed by atoms with Crippen molar-refractivity contribution in [2.75, 3.05) is 19.6 Å². The largest absolute Gasteiger partial charge is 0.315 e. The van der Waals surface area contributed by atoms with Gasteiger partial charge >= 0.3 is 0 Å². The molecule has 0 radical (unpaired) electrons. The molecule has 4 rings (SSSR count). The minimum Gasteiger partial charge on any atom is -0.315 e. The van der Waals surface area contributed by atoms with Crippen LogP contribution in [0.1, 0.15) is 30.4 Å². The number of hydrogen-bond donors (Lipinski definition) is 1. The second kappa shape index (κ2) is 5.43. The number of aryl methyl sites for hydroxylation is 1. The molecule has 3 unspecified atom stereocenters. The van der Waals surface area contributed by atoms with E-state index in [4.69, 9.17) is 0 Å². The highest BCUT2D eigenvalue weighted by atomic mass is 79.9. The predicted molar refractivity (Wildman–Crippen MR) is 86.0 cm³/mol. The van der Waals surface area contributed by atoms with Crippen LogP contribution < -0.4 is 5.32 Å². The minimum atomic E-state index is 0.774. The van der Waals surface area contributed by atoms with Gasteiger partial charge in [0.1, 0.15) is 0 Å². The topological polar surface area (TPSA) is 15.3 Å². The lowest BCUT2D eigenvalue weighted by atomic mass is 9.84. The lowest BCUT2D eigenvalue weighted by Gasteiger charge is -2.44. The number of fused-ring (bicyclic) bond motifs is 2. The van der Waals surface area contributed by atoms with Gasteiger partial charge in [-0.3, -0.25) is 4.90 Å². The fourth-order valence-electron chi connectivity index (χ4n) is 4.54. The Hall–Kier alpha value is -0.380. The van der Waals surface area contributed by atoms with Crippen molar-refractivity contribution in [3.05, 3.63) is 33.8 Å². The zero-order chi connectivity index (χ0) is 13.5. The summed E-state index contributed by atoms with van der Waals surface area (Å²) in [5.41, 5.74) is 3.14. The molecule has 0 bridgehead atoms. The molecule has 3 aliphatic rings. The third kappa shape index (κ3) is 2.34. The monoisotopic (exact) mass is 334 g/mol. The Kier molecular flexibility index (Phi) is 3.61. The van der Waals surface area contributed by atoms with E-state index in [1.807, 2.05) is 0 Å². The summed E-state index contributed by atoms with van der Waals surface area (Å²) in [5, 5.41) is 3.61. The molecule has 3 atom stereocenters. The molecule has 108 valence electrons. The summed E-state index contributed by atoms with van der Waals surface area (Å²) in [6.45, 7) is 3.78. The maximum atomic E-state index is 3.61. The highest BCUT2D eigenvalue weighted by molar-refractivity contribution is 9.10. The number of benzene rings is 1. The van der Waals surface area contributed by atoms with Crippen LogP contribution in [-0.2, 0) is 12.8 Å². The van der Waals surface area contributed by atoms with Crippen LogP contribution in [0.3, 0.4) is 0 Å². The Morgan fingerprint density at radius 2 is 2.10 bits per heavy atom. The average Bonchev–Trinajstić information content (AvgIpc) is 2.95. The summed E-state index contributed by atoms with van der Waals surface area (Å²) >= 11 is 3.60. The first-order valence-corrected chi connectivity index (χ1v) is 8.84. The number of likely N-dealkylation sites (tertiary alicyclic amines) is 1. The molecular weight excluding hydrogens is 312 g/mol. The molecule has 0 spiro atoms. The molecule has 0 aromatic heterocycles. The van der Waals surface area contributed by atoms with E-state index in [1.54, 1.807) is 11.1 Å². The molecule has 1 aliphatic carbocycles. The SMILES string of the molecule is Brc1ccc2c(c1)CCC(N1CCCC3CNCC31)C2. The third-order valence-corrected chi connectivity index (χ3v) is 6.05. The molecule has 2 nitrogen and oxygen atoms in total. The maximum absolute atomic E-state index is 3.61. The normalized spacial score (nSPS) is 33.8. The Balaban J connectivity index is 1.54. The molecule has 20 heavy (non-hydrogen) atoms. The van der Waals surface area contributed by atoms with Crippen LogP contribution in [0.2, 0.25) is 0 Å². The third-order valence-electron chi connectivity index (χ3n) is 5.56. The van der Waals surface area contributed by atoms with Crippen LogP contribution in [0, 0.1) is 5.92 Å². The second-order valence-electron chi connectivity index (χ2n) is 6.68. The second-order valence-corrected chi connectivity index (χ2v) is 7.59. The van der Waals surface area contributed by atoms with Crippen LogP contribution in [0.15, 0.2) is 22.7 Å². The highest BCUT2D eigenvalue weighted by Gasteiger charge is 2.38. The van der Waals surface area contributed by atoms with Crippen LogP contribution in [0.5, 0.6) is 0 Å². The lowest BCUT2D eigenvalue weighted by Crippen LogP contribution is -2.52. The number of rotatable bonds is 1. The van der Waals surface area contributed by atoms with Gasteiger partial charge in [-0.05, 0) is 74.4 Å². The first kappa shape index (κ1) is 13.3. The van der Waals surface area contributed by atoms with Crippen molar-refractivity contribution in [3.8, 4) is 0 Å². The van der Waals surface area contributed by atoms with Crippen molar-refractivity contribution >= 4 is 15.9 Å². The molecule has 2 aliphatic heterocycles. The molecule has 2 saturated heterocycles. The van der Waals surface area contributed by atoms with Crippen molar-refractivity contribution < 1.29 is 0 Å². The van der Waals surface area contributed by atoms with Gasteiger partial charge in [-0.15, -0.1) is 0 Å². The van der Waals surface area contributed by atoms with E-state index >= 15 is 0 Å². The Morgan fingerprint density at radius 1 is 1.15 bits per heavy atom. The Bertz CT molecular complexity index is 502. The van der Waals surface area contributed by atoms with Gasteiger partial charge in [0.25, 0.3) is 0 Å². The van der Waals surface area contributed by atoms with Crippen molar-refractivity contribution in [2.24, 2.45) is 5.92 Å². The first-order chi connectivity index (χ1) is 9.81. The molecule has 0 amide bonds. The predicted octanol–water partition coefficient (Wildman–Crippen LogP) is 2.99. The van der Waals surface area contributed by atoms with Gasteiger partial charge in [0, 0.05) is 23.1 Å². The van der Waals surface area contributed by atoms with Crippen molar-refractivity contribution in [1.82, 2.24) is 10.2 Å². The van der Waals surface area contributed by atoms with Crippen molar-refractivity contribution in [1.29, 1.82) is 0 Å². The van der Waals surface area contributed by atoms with E-state index in [1.165, 1.54) is 56.2 Å². The molecule has 3 heteroatoms. The molecule has 1 aromatic carbocycles. The fourth-order valence-corrected chi connectivity index (χ4v) is 4.95. The van der Waals surface area contributed by atoms with Crippen molar-refractivity contribution in [3.63, 3.8) is 0 Å². The fraction of sp³-hybridized carbons (Fsp3) is 0.647. The van der Waals surface area contributed by atoms with Gasteiger partial charge in [0.05, 0.1) is 0 Å². The van der Waals surface area contributed by atoms with E-state index < -0.39 is 0 Å². The smallest absolute Gasteiger partial charge is 0.0264 e. The van der Waals surface area contributed by atoms with Crippen molar-refractivity contribution in [2.45, 2.75) is 44.2 Å². The molecular formula is C17H23BrN2. The number of hydrogen-bond acceptors (Lipinski definition) is 2. The molecule has 1 N–H and O–H groups in total. The quantitative estimate of drug-likeness (QED) is 0.849. The maximum Gasteiger partial charge on any atom is 0.0264 e. The number of nitrogens with one attached hydrogen (secondary N) is 1. The first-order valence-electron chi connectivity index (χ1n) is 8.05. The van der Waals surface area contributed by atoms with E-state index in [9.17, 15) is 0 Å². The minimum absolute atomic E-state index is 0.774. The van der Waals surface area contributed by atoms with E-state index in [2.05, 4.69) is 44.3 Å². The summed E-state index contributed by atoms with van der Waals surface area (Å²) in [4.78, 5) is 2.85. The average molecular weight is 335 g/mol. The summed E-state index contributed by atoms with van der Waals surface area (Å²) in [5.74, 6) is 0.912. The van der Waals surface area contributed by atoms with Crippen LogP contribution in [0.25, 0.3) is 0 Å². The standard InChI is InChI=1S/C17H23BrN2/c18-15-5-3-13-9-16(6-4-12(13)8-15)20-7-1-2-14-10-19-11-17(14)20/h3,5,8,14,16-17,19H,1-2,4,6-7,9-11H2. The zero-order valence-corrected chi connectivity index (χ0v) is 13.5. The van der Waals surface area contributed by atoms with Crippen LogP contribution in [-0.4, -0.2) is 36.6 Å². The summed E-state index contributed by atoms with van der Waals surface area (Å²) in [6.07, 6.45) is 6.68. The summed E-state index contributed by atoms with van der Waals surface area (Å²) in [7, 11) is 0. The molecule has 2 fully saturated rings. The van der Waals surface area contributed by atoms with E-state index in [0.717, 1.165) is 18.0 Å². The summed E-state index contributed by atoms with van der Waals surface area (Å²) < 4.78 is 1.23. The molecule has 2 heterocycles. The highest BCUT2D eigenvalue weighted by Crippen LogP contribution is 2.33. The van der Waals surface area contributed by atoms with Crippen LogP contribution >= 0.6 is 15.9 Å². The number of nitrogens with zero attached hydrogens (tertiary/aromatic N) is 1. The van der Waals surface area contributed by atoms with E-state index in [-0.39, 0.29) is 0 Å². The van der Waals surface area contributed by atoms with Gasteiger partial charge in [0.15, 0.2) is 0 Å². The molecule has 1 aromatic rings. The van der Waals surface area contributed by atoms with Gasteiger partial charge in [-0.2, -0.15) is 0 Å². The van der Waals surface area contributed by atoms with E-state index in [0.29, 0.717) is 0 Å². The van der Waals surface area contributed by atoms with Gasteiger partial charge < -0.3 is 5.32 Å². The van der Waals surface area contributed by atoms with Gasteiger partial charge in [-0.25, -0.2) is 0 Å².